The molecule has 2 aromatic heterocycles. The van der Waals surface area contributed by atoms with Crippen molar-refractivity contribution < 1.29 is 13.2 Å². The number of fused-ring (bicyclic) bond motifs is 1. The molecule has 0 amide bonds. The van der Waals surface area contributed by atoms with Crippen LogP contribution in [0.4, 0.5) is 19.0 Å². The van der Waals surface area contributed by atoms with Crippen molar-refractivity contribution in [3.8, 4) is 6.07 Å². The van der Waals surface area contributed by atoms with Gasteiger partial charge in [-0.1, -0.05) is 32.9 Å². The smallest absolute Gasteiger partial charge is 0.349 e. The van der Waals surface area contributed by atoms with Crippen LogP contribution < -0.4 is 10.6 Å². The predicted molar refractivity (Wildman–Crippen MR) is 136 cm³/mol. The minimum atomic E-state index is -4.37. The maximum atomic E-state index is 13.1. The van der Waals surface area contributed by atoms with Crippen molar-refractivity contribution in [3.05, 3.63) is 63.7 Å². The van der Waals surface area contributed by atoms with Crippen LogP contribution in [0.25, 0.3) is 11.0 Å². The molecule has 4 rings (SSSR count). The van der Waals surface area contributed by atoms with Crippen LogP contribution in [-0.2, 0) is 13.2 Å². The Morgan fingerprint density at radius 1 is 1.03 bits per heavy atom. The Bertz CT molecular complexity index is 1360. The van der Waals surface area contributed by atoms with E-state index < -0.39 is 17.4 Å². The lowest BCUT2D eigenvalue weighted by atomic mass is 9.94. The molecule has 0 bridgehead atoms. The number of aromatic nitrogens is 3. The van der Waals surface area contributed by atoms with Crippen molar-refractivity contribution in [1.82, 2.24) is 19.4 Å². The van der Waals surface area contributed by atoms with E-state index in [1.54, 1.807) is 31.3 Å². The zero-order valence-corrected chi connectivity index (χ0v) is 21.5. The van der Waals surface area contributed by atoms with Gasteiger partial charge >= 0.3 is 11.9 Å². The first-order chi connectivity index (χ1) is 17.6. The van der Waals surface area contributed by atoms with E-state index in [0.29, 0.717) is 29.9 Å². The van der Waals surface area contributed by atoms with Crippen molar-refractivity contribution in [2.45, 2.75) is 64.3 Å². The molecule has 0 spiro atoms. The van der Waals surface area contributed by atoms with Gasteiger partial charge in [0.2, 0.25) is 0 Å². The van der Waals surface area contributed by atoms with Crippen molar-refractivity contribution in [1.29, 1.82) is 5.26 Å². The Morgan fingerprint density at radius 3 is 2.27 bits per heavy atom. The number of pyridine rings is 1. The Morgan fingerprint density at radius 2 is 1.70 bits per heavy atom. The summed E-state index contributed by atoms with van der Waals surface area (Å²) in [5, 5.41) is 9.41. The van der Waals surface area contributed by atoms with Crippen molar-refractivity contribution in [3.63, 3.8) is 0 Å². The van der Waals surface area contributed by atoms with Crippen molar-refractivity contribution in [2.75, 3.05) is 18.0 Å². The molecule has 3 heterocycles. The first kappa shape index (κ1) is 26.6. The number of nitrogens with zero attached hydrogens (tertiary/aromatic N) is 6. The largest absolute Gasteiger partial charge is 0.416 e. The number of benzene rings is 1. The summed E-state index contributed by atoms with van der Waals surface area (Å²) in [6.45, 7) is 7.44. The van der Waals surface area contributed by atoms with Gasteiger partial charge in [-0.15, -0.1) is 0 Å². The Balaban J connectivity index is 1.73. The predicted octanol–water partition coefficient (Wildman–Crippen LogP) is 5.05. The molecule has 1 aliphatic heterocycles. The molecular formula is C27H31F3N6O. The monoisotopic (exact) mass is 512 g/mol. The lowest BCUT2D eigenvalue weighted by Gasteiger charge is -2.49. The third kappa shape index (κ3) is 5.05. The molecule has 1 aliphatic rings. The summed E-state index contributed by atoms with van der Waals surface area (Å²) in [6, 6.07) is 10.9. The van der Waals surface area contributed by atoms with E-state index in [1.165, 1.54) is 4.57 Å². The number of aryl methyl sites for hydroxylation is 1. The molecule has 37 heavy (non-hydrogen) atoms. The van der Waals surface area contributed by atoms with Gasteiger partial charge in [-0.3, -0.25) is 9.47 Å². The van der Waals surface area contributed by atoms with Gasteiger partial charge in [-0.25, -0.2) is 9.78 Å². The normalized spacial score (nSPS) is 19.7. The average molecular weight is 513 g/mol. The van der Waals surface area contributed by atoms with E-state index in [9.17, 15) is 23.2 Å². The minimum absolute atomic E-state index is 0.00152. The summed E-state index contributed by atoms with van der Waals surface area (Å²) in [6.07, 6.45) is -2.04. The van der Waals surface area contributed by atoms with Gasteiger partial charge in [0, 0.05) is 38.3 Å². The fraction of sp³-hybridized carbons (Fsp3) is 0.481. The molecular weight excluding hydrogens is 481 g/mol. The highest BCUT2D eigenvalue weighted by atomic mass is 19.4. The number of rotatable bonds is 6. The lowest BCUT2D eigenvalue weighted by Crippen LogP contribution is -2.59. The van der Waals surface area contributed by atoms with Crippen LogP contribution in [0, 0.1) is 11.3 Å². The van der Waals surface area contributed by atoms with Gasteiger partial charge < -0.3 is 4.90 Å². The molecule has 0 aliphatic carbocycles. The van der Waals surface area contributed by atoms with Crippen LogP contribution in [0.3, 0.4) is 0 Å². The van der Waals surface area contributed by atoms with E-state index in [1.807, 2.05) is 6.92 Å². The highest BCUT2D eigenvalue weighted by Crippen LogP contribution is 2.36. The van der Waals surface area contributed by atoms with Crippen molar-refractivity contribution in [2.24, 2.45) is 7.05 Å². The maximum Gasteiger partial charge on any atom is 0.416 e. The summed E-state index contributed by atoms with van der Waals surface area (Å²) >= 11 is 0. The van der Waals surface area contributed by atoms with Crippen LogP contribution in [0.2, 0.25) is 0 Å². The van der Waals surface area contributed by atoms with E-state index in [4.69, 9.17) is 0 Å². The number of nitriles is 1. The Kier molecular flexibility index (Phi) is 7.55. The zero-order valence-electron chi connectivity index (χ0n) is 21.5. The number of piperazine rings is 1. The van der Waals surface area contributed by atoms with Crippen molar-refractivity contribution >= 4 is 16.9 Å². The Hall–Kier alpha value is -3.45. The van der Waals surface area contributed by atoms with Gasteiger partial charge in [0.1, 0.15) is 17.3 Å². The highest BCUT2D eigenvalue weighted by Gasteiger charge is 2.38. The fourth-order valence-electron chi connectivity index (χ4n) is 5.35. The molecule has 1 aromatic carbocycles. The van der Waals surface area contributed by atoms with Crippen LogP contribution in [0.5, 0.6) is 0 Å². The second kappa shape index (κ2) is 10.5. The summed E-state index contributed by atoms with van der Waals surface area (Å²) in [7, 11) is 1.63. The maximum absolute atomic E-state index is 13.1. The molecule has 0 unspecified atom stereocenters. The summed E-state index contributed by atoms with van der Waals surface area (Å²) < 4.78 is 40.8. The molecule has 1 saturated heterocycles. The number of hydrogen-bond donors (Lipinski definition) is 0. The second-order valence-corrected chi connectivity index (χ2v) is 9.47. The van der Waals surface area contributed by atoms with Gasteiger partial charge in [-0.05, 0) is 49.1 Å². The quantitative estimate of drug-likeness (QED) is 0.460. The van der Waals surface area contributed by atoms with Gasteiger partial charge in [0.05, 0.1) is 11.1 Å². The molecule has 3 aromatic rings. The standard InChI is InChI=1S/C27H31F3N6O/c1-5-20-16-36(25-24-23(34(4)26(37)33-25)13-12-19(14-31)32-24)21(6-2)15-35(20)22(7-3)17-8-10-18(11-9-17)27(28,29)30/h8-13,20-22H,5-7,15-16H2,1-4H3/t20-,21+,22-/m1/s1. The topological polar surface area (TPSA) is 78.0 Å². The first-order valence-electron chi connectivity index (χ1n) is 12.6. The molecule has 0 radical (unpaired) electrons. The highest BCUT2D eigenvalue weighted by molar-refractivity contribution is 5.86. The van der Waals surface area contributed by atoms with E-state index in [2.05, 4.69) is 39.7 Å². The van der Waals surface area contributed by atoms with Crippen LogP contribution in [-0.4, -0.2) is 44.6 Å². The SMILES string of the molecule is CC[C@H]1CN([C@H](CC)c2ccc(C(F)(F)F)cc2)[C@H](CC)CN1c1nc(=O)n(C)c2ccc(C#N)nc12. The number of halogens is 3. The van der Waals surface area contributed by atoms with E-state index >= 15 is 0 Å². The van der Waals surface area contributed by atoms with Crippen LogP contribution in [0.1, 0.15) is 62.9 Å². The van der Waals surface area contributed by atoms with Gasteiger partial charge in [0.25, 0.3) is 0 Å². The molecule has 1 fully saturated rings. The number of hydrogen-bond acceptors (Lipinski definition) is 6. The number of anilines is 1. The third-order valence-electron chi connectivity index (χ3n) is 7.41. The van der Waals surface area contributed by atoms with Crippen LogP contribution in [0.15, 0.2) is 41.2 Å². The second-order valence-electron chi connectivity index (χ2n) is 9.47. The molecule has 10 heteroatoms. The molecule has 7 nitrogen and oxygen atoms in total. The molecule has 0 N–H and O–H groups in total. The minimum Gasteiger partial charge on any atom is -0.349 e. The van der Waals surface area contributed by atoms with Crippen LogP contribution >= 0.6 is 0 Å². The summed E-state index contributed by atoms with van der Waals surface area (Å²) in [5.74, 6) is 0.475. The lowest BCUT2D eigenvalue weighted by molar-refractivity contribution is -0.137. The Labute approximate surface area is 214 Å². The van der Waals surface area contributed by atoms with Gasteiger partial charge in [-0.2, -0.15) is 23.4 Å². The molecule has 3 atom stereocenters. The number of alkyl halides is 3. The van der Waals surface area contributed by atoms with Gasteiger partial charge in [0.15, 0.2) is 5.82 Å². The summed E-state index contributed by atoms with van der Waals surface area (Å²) in [4.78, 5) is 26.1. The van der Waals surface area contributed by atoms with E-state index in [-0.39, 0.29) is 23.8 Å². The molecule has 196 valence electrons. The first-order valence-corrected chi connectivity index (χ1v) is 12.6. The summed E-state index contributed by atoms with van der Waals surface area (Å²) in [5.41, 5.74) is 1.18. The fourth-order valence-corrected chi connectivity index (χ4v) is 5.35. The third-order valence-corrected chi connectivity index (χ3v) is 7.41. The zero-order chi connectivity index (χ0) is 26.9. The average Bonchev–Trinajstić information content (AvgIpc) is 2.90. The van der Waals surface area contributed by atoms with E-state index in [0.717, 1.165) is 37.0 Å². The molecule has 0 saturated carbocycles.